The van der Waals surface area contributed by atoms with Crippen molar-refractivity contribution in [3.05, 3.63) is 25.3 Å². The molecule has 2 saturated heterocycles. The number of carbonyl (C=O) groups excluding carboxylic acids is 2. The van der Waals surface area contributed by atoms with E-state index in [1.807, 2.05) is 9.80 Å². The van der Waals surface area contributed by atoms with Crippen LogP contribution in [0.15, 0.2) is 25.3 Å². The minimum atomic E-state index is -0.954. The van der Waals surface area contributed by atoms with Crippen LogP contribution in [0, 0.1) is 0 Å². The fourth-order valence-electron chi connectivity index (χ4n) is 2.95. The number of hydrogen-bond donors (Lipinski definition) is 0. The number of rotatable bonds is 6. The van der Waals surface area contributed by atoms with Crippen LogP contribution in [0.2, 0.25) is 0 Å². The molecule has 23 heavy (non-hydrogen) atoms. The first kappa shape index (κ1) is 21.8. The van der Waals surface area contributed by atoms with Crippen molar-refractivity contribution < 1.29 is 36.3 Å². The Morgan fingerprint density at radius 2 is 1.26 bits per heavy atom. The summed E-state index contributed by atoms with van der Waals surface area (Å²) in [5, 5.41) is 21.0. The Morgan fingerprint density at radius 1 is 0.913 bits per heavy atom. The molecule has 0 aromatic rings. The zero-order chi connectivity index (χ0) is 16.5. The molecule has 0 aromatic carbocycles. The van der Waals surface area contributed by atoms with Gasteiger partial charge in [-0.3, -0.25) is 9.80 Å². The van der Waals surface area contributed by atoms with Gasteiger partial charge in [0.05, 0.1) is 11.9 Å². The SMILES string of the molecule is C=CCN1CCCC1C(=O)[O-].C=CCN1CCCC1C(=O)[O-].[Ni+2]. The number of likely N-dealkylation sites (tertiary alicyclic amines) is 2. The summed E-state index contributed by atoms with van der Waals surface area (Å²) < 4.78 is 0. The van der Waals surface area contributed by atoms with E-state index in [9.17, 15) is 19.8 Å². The number of carboxylic acids is 2. The average molecular weight is 367 g/mol. The topological polar surface area (TPSA) is 86.7 Å². The van der Waals surface area contributed by atoms with Gasteiger partial charge in [0.1, 0.15) is 0 Å². The molecular weight excluding hydrogens is 343 g/mol. The summed E-state index contributed by atoms with van der Waals surface area (Å²) in [5.74, 6) is -1.91. The number of carbonyl (C=O) groups is 2. The van der Waals surface area contributed by atoms with Gasteiger partial charge in [-0.2, -0.15) is 0 Å². The summed E-state index contributed by atoms with van der Waals surface area (Å²) in [5.41, 5.74) is 0. The number of hydrogen-bond acceptors (Lipinski definition) is 6. The fraction of sp³-hybridized carbons (Fsp3) is 0.625. The van der Waals surface area contributed by atoms with Gasteiger partial charge in [0.2, 0.25) is 0 Å². The molecule has 0 saturated carbocycles. The fourth-order valence-corrected chi connectivity index (χ4v) is 2.95. The van der Waals surface area contributed by atoms with E-state index in [-0.39, 0.29) is 28.6 Å². The van der Waals surface area contributed by atoms with Crippen LogP contribution in [0.5, 0.6) is 0 Å². The summed E-state index contributed by atoms with van der Waals surface area (Å²) >= 11 is 0. The average Bonchev–Trinajstić information content (AvgIpc) is 3.09. The first-order valence-electron chi connectivity index (χ1n) is 7.62. The van der Waals surface area contributed by atoms with E-state index in [0.29, 0.717) is 13.1 Å². The summed E-state index contributed by atoms with van der Waals surface area (Å²) in [4.78, 5) is 24.8. The van der Waals surface area contributed by atoms with E-state index in [4.69, 9.17) is 0 Å². The van der Waals surface area contributed by atoms with Gasteiger partial charge in [-0.1, -0.05) is 12.2 Å². The summed E-state index contributed by atoms with van der Waals surface area (Å²) in [7, 11) is 0. The smallest absolute Gasteiger partial charge is 0.548 e. The molecule has 2 fully saturated rings. The molecular formula is C16H24N2NiO4. The van der Waals surface area contributed by atoms with Crippen molar-refractivity contribution in [3.8, 4) is 0 Å². The molecule has 0 spiro atoms. The predicted octanol–water partition coefficient (Wildman–Crippen LogP) is -1.23. The third-order valence-electron chi connectivity index (χ3n) is 4.00. The predicted molar refractivity (Wildman–Crippen MR) is 79.6 cm³/mol. The van der Waals surface area contributed by atoms with Gasteiger partial charge in [-0.25, -0.2) is 0 Å². The van der Waals surface area contributed by atoms with E-state index < -0.39 is 11.9 Å². The monoisotopic (exact) mass is 366 g/mol. The maximum absolute atomic E-state index is 10.5. The standard InChI is InChI=1S/2C8H13NO2.Ni/c2*1-2-5-9-6-3-4-7(9)8(10)11;/h2*2,7H,1,3-6H2,(H,10,11);/q;;+2/p-2. The number of carboxylic acid groups (broad SMARTS) is 2. The molecule has 2 aliphatic heterocycles. The van der Waals surface area contributed by atoms with E-state index >= 15 is 0 Å². The second-order valence-corrected chi connectivity index (χ2v) is 5.52. The largest absolute Gasteiger partial charge is 2.00 e. The molecule has 2 heterocycles. The van der Waals surface area contributed by atoms with Crippen molar-refractivity contribution in [2.75, 3.05) is 26.2 Å². The molecule has 0 N–H and O–H groups in total. The molecule has 2 rings (SSSR count). The first-order valence-corrected chi connectivity index (χ1v) is 7.62. The van der Waals surface area contributed by atoms with Crippen LogP contribution in [0.1, 0.15) is 25.7 Å². The van der Waals surface area contributed by atoms with Crippen LogP contribution < -0.4 is 10.2 Å². The van der Waals surface area contributed by atoms with Crippen LogP contribution in [-0.2, 0) is 26.1 Å². The Hall–Kier alpha value is -1.17. The van der Waals surface area contributed by atoms with Crippen molar-refractivity contribution in [2.45, 2.75) is 37.8 Å². The molecule has 0 radical (unpaired) electrons. The molecule has 0 bridgehead atoms. The van der Waals surface area contributed by atoms with Crippen molar-refractivity contribution in [3.63, 3.8) is 0 Å². The Bertz CT molecular complexity index is 379. The van der Waals surface area contributed by atoms with E-state index in [2.05, 4.69) is 13.2 Å². The second-order valence-electron chi connectivity index (χ2n) is 5.52. The number of nitrogens with zero attached hydrogens (tertiary/aromatic N) is 2. The van der Waals surface area contributed by atoms with Crippen molar-refractivity contribution in [2.24, 2.45) is 0 Å². The van der Waals surface area contributed by atoms with Crippen LogP contribution >= 0.6 is 0 Å². The molecule has 2 atom stereocenters. The van der Waals surface area contributed by atoms with Crippen LogP contribution in [0.3, 0.4) is 0 Å². The van der Waals surface area contributed by atoms with E-state index in [1.54, 1.807) is 12.2 Å². The molecule has 0 aliphatic carbocycles. The molecule has 132 valence electrons. The second kappa shape index (κ2) is 11.4. The van der Waals surface area contributed by atoms with Gasteiger partial charge in [-0.05, 0) is 38.8 Å². The maximum atomic E-state index is 10.5. The minimum absolute atomic E-state index is 0. The van der Waals surface area contributed by atoms with Gasteiger partial charge in [-0.15, -0.1) is 13.2 Å². The molecule has 7 heteroatoms. The Morgan fingerprint density at radius 3 is 1.52 bits per heavy atom. The Labute approximate surface area is 147 Å². The van der Waals surface area contributed by atoms with Crippen molar-refractivity contribution >= 4 is 11.9 Å². The van der Waals surface area contributed by atoms with Crippen LogP contribution in [0.25, 0.3) is 0 Å². The minimum Gasteiger partial charge on any atom is -0.548 e. The normalized spacial score (nSPS) is 24.2. The van der Waals surface area contributed by atoms with Crippen molar-refractivity contribution in [1.82, 2.24) is 9.80 Å². The first-order chi connectivity index (χ1) is 10.5. The van der Waals surface area contributed by atoms with Gasteiger partial charge in [0.15, 0.2) is 0 Å². The van der Waals surface area contributed by atoms with Gasteiger partial charge >= 0.3 is 16.5 Å². The zero-order valence-electron chi connectivity index (χ0n) is 13.2. The van der Waals surface area contributed by atoms with Gasteiger partial charge < -0.3 is 19.8 Å². The molecule has 6 nitrogen and oxygen atoms in total. The number of aliphatic carboxylic acids is 2. The summed E-state index contributed by atoms with van der Waals surface area (Å²) in [6, 6.07) is -0.763. The van der Waals surface area contributed by atoms with Crippen molar-refractivity contribution in [1.29, 1.82) is 0 Å². The zero-order valence-corrected chi connectivity index (χ0v) is 14.2. The van der Waals surface area contributed by atoms with Crippen LogP contribution in [-0.4, -0.2) is 60.0 Å². The quantitative estimate of drug-likeness (QED) is 0.432. The summed E-state index contributed by atoms with van der Waals surface area (Å²) in [6.07, 6.45) is 6.79. The Balaban J connectivity index is 0.000000403. The third kappa shape index (κ3) is 6.85. The Kier molecular flexibility index (Phi) is 10.8. The molecule has 0 amide bonds. The molecule has 2 unspecified atom stereocenters. The van der Waals surface area contributed by atoms with Crippen LogP contribution in [0.4, 0.5) is 0 Å². The van der Waals surface area contributed by atoms with Gasteiger partial charge in [0.25, 0.3) is 0 Å². The molecule has 0 aromatic heterocycles. The summed E-state index contributed by atoms with van der Waals surface area (Å²) in [6.45, 7) is 10.1. The third-order valence-corrected chi connectivity index (χ3v) is 4.00. The van der Waals surface area contributed by atoms with E-state index in [1.165, 1.54) is 0 Å². The molecule has 2 aliphatic rings. The van der Waals surface area contributed by atoms with Gasteiger partial charge in [0, 0.05) is 25.2 Å². The maximum Gasteiger partial charge on any atom is 2.00 e. The van der Waals surface area contributed by atoms with E-state index in [0.717, 1.165) is 38.8 Å².